The fraction of sp³-hybridized carbons (Fsp3) is 0.688. The maximum atomic E-state index is 11.7. The Bertz CT molecular complexity index is 389. The molecule has 0 unspecified atom stereocenters. The van der Waals surface area contributed by atoms with Crippen LogP contribution < -0.4 is 0 Å². The van der Waals surface area contributed by atoms with Crippen LogP contribution in [0.1, 0.15) is 57.4 Å². The molecular weight excluding hydrogens is 256 g/mol. The number of aliphatic carboxylic acids is 1. The number of carboxylic acid groups (broad SMARTS) is 1. The maximum absolute atomic E-state index is 11.7. The first-order valence-electron chi connectivity index (χ1n) is 7.41. The number of hydrogen-bond donors (Lipinski definition) is 1. The van der Waals surface area contributed by atoms with Crippen molar-refractivity contribution >= 4 is 17.3 Å². The molecule has 0 saturated heterocycles. The monoisotopic (exact) mass is 280 g/mol. The van der Waals surface area contributed by atoms with Crippen LogP contribution in [0.4, 0.5) is 0 Å². The van der Waals surface area contributed by atoms with Crippen LogP contribution in [0.15, 0.2) is 16.8 Å². The Morgan fingerprint density at radius 3 is 2.74 bits per heavy atom. The average molecular weight is 280 g/mol. The van der Waals surface area contributed by atoms with E-state index in [9.17, 15) is 9.90 Å². The van der Waals surface area contributed by atoms with Gasteiger partial charge in [-0.1, -0.05) is 19.8 Å². The summed E-state index contributed by atoms with van der Waals surface area (Å²) in [5.74, 6) is 0.191. The Balaban J connectivity index is 1.94. The van der Waals surface area contributed by atoms with Crippen LogP contribution in [0.3, 0.4) is 0 Å². The lowest BCUT2D eigenvalue weighted by atomic mass is 9.67. The molecule has 1 aliphatic carbocycles. The summed E-state index contributed by atoms with van der Waals surface area (Å²) in [4.78, 5) is 11.7. The third-order valence-electron chi connectivity index (χ3n) is 4.69. The second-order valence-corrected chi connectivity index (χ2v) is 6.73. The van der Waals surface area contributed by atoms with Crippen LogP contribution in [0.5, 0.6) is 0 Å². The lowest BCUT2D eigenvalue weighted by molar-refractivity contribution is -0.152. The summed E-state index contributed by atoms with van der Waals surface area (Å²) in [6.07, 6.45) is 8.15. The standard InChI is InChI=1S/C16H24O2S/c1-2-3-13-4-8-16(9-5-13,15(17)18)10-6-14-7-11-19-12-14/h7,11-13H,2-6,8-10H2,1H3,(H,17,18). The predicted octanol–water partition coefficient (Wildman–Crippen LogP) is 4.74. The molecule has 1 saturated carbocycles. The van der Waals surface area contributed by atoms with Crippen LogP contribution in [0, 0.1) is 11.3 Å². The van der Waals surface area contributed by atoms with Gasteiger partial charge in [0.15, 0.2) is 0 Å². The van der Waals surface area contributed by atoms with Crippen molar-refractivity contribution < 1.29 is 9.90 Å². The molecule has 2 nitrogen and oxygen atoms in total. The first kappa shape index (κ1) is 14.6. The van der Waals surface area contributed by atoms with Crippen molar-refractivity contribution in [2.75, 3.05) is 0 Å². The topological polar surface area (TPSA) is 37.3 Å². The van der Waals surface area contributed by atoms with Crippen LogP contribution in [-0.2, 0) is 11.2 Å². The summed E-state index contributed by atoms with van der Waals surface area (Å²) in [6.45, 7) is 2.22. The van der Waals surface area contributed by atoms with Crippen molar-refractivity contribution in [2.45, 2.75) is 58.3 Å². The van der Waals surface area contributed by atoms with Gasteiger partial charge >= 0.3 is 5.97 Å². The quantitative estimate of drug-likeness (QED) is 0.817. The van der Waals surface area contributed by atoms with Gasteiger partial charge in [0.1, 0.15) is 0 Å². The highest BCUT2D eigenvalue weighted by Crippen LogP contribution is 2.43. The van der Waals surface area contributed by atoms with Gasteiger partial charge < -0.3 is 5.11 Å². The second-order valence-electron chi connectivity index (χ2n) is 5.95. The number of rotatable bonds is 6. The smallest absolute Gasteiger partial charge is 0.309 e. The highest BCUT2D eigenvalue weighted by Gasteiger charge is 2.41. The van der Waals surface area contributed by atoms with E-state index in [1.807, 2.05) is 0 Å². The minimum absolute atomic E-state index is 0.452. The largest absolute Gasteiger partial charge is 0.481 e. The van der Waals surface area contributed by atoms with Gasteiger partial charge in [-0.3, -0.25) is 4.79 Å². The average Bonchev–Trinajstić information content (AvgIpc) is 2.91. The zero-order valence-electron chi connectivity index (χ0n) is 11.7. The molecule has 0 aromatic carbocycles. The third kappa shape index (κ3) is 3.59. The van der Waals surface area contributed by atoms with E-state index in [4.69, 9.17) is 0 Å². The predicted molar refractivity (Wildman–Crippen MR) is 79.6 cm³/mol. The molecule has 0 spiro atoms. The second kappa shape index (κ2) is 6.56. The number of thiophene rings is 1. The molecule has 106 valence electrons. The summed E-state index contributed by atoms with van der Waals surface area (Å²) in [5.41, 5.74) is 0.841. The molecule has 1 fully saturated rings. The SMILES string of the molecule is CCCC1CCC(CCc2ccsc2)(C(=O)O)CC1. The first-order valence-corrected chi connectivity index (χ1v) is 8.35. The van der Waals surface area contributed by atoms with Crippen molar-refractivity contribution in [2.24, 2.45) is 11.3 Å². The van der Waals surface area contributed by atoms with E-state index >= 15 is 0 Å². The molecule has 1 aromatic rings. The van der Waals surface area contributed by atoms with E-state index in [1.165, 1.54) is 18.4 Å². The van der Waals surface area contributed by atoms with Crippen molar-refractivity contribution in [1.29, 1.82) is 0 Å². The molecule has 19 heavy (non-hydrogen) atoms. The van der Waals surface area contributed by atoms with Crippen LogP contribution in [0.25, 0.3) is 0 Å². The fourth-order valence-corrected chi connectivity index (χ4v) is 4.02. The molecule has 1 N–H and O–H groups in total. The van der Waals surface area contributed by atoms with Crippen molar-refractivity contribution in [3.8, 4) is 0 Å². The van der Waals surface area contributed by atoms with Crippen LogP contribution in [0.2, 0.25) is 0 Å². The van der Waals surface area contributed by atoms with Crippen molar-refractivity contribution in [3.05, 3.63) is 22.4 Å². The Morgan fingerprint density at radius 1 is 1.47 bits per heavy atom. The lowest BCUT2D eigenvalue weighted by Gasteiger charge is -2.37. The van der Waals surface area contributed by atoms with Crippen molar-refractivity contribution in [1.82, 2.24) is 0 Å². The van der Waals surface area contributed by atoms with Gasteiger partial charge in [-0.25, -0.2) is 0 Å². The Morgan fingerprint density at radius 2 is 2.21 bits per heavy atom. The minimum Gasteiger partial charge on any atom is -0.481 e. The number of carboxylic acids is 1. The third-order valence-corrected chi connectivity index (χ3v) is 5.42. The highest BCUT2D eigenvalue weighted by atomic mass is 32.1. The van der Waals surface area contributed by atoms with E-state index in [2.05, 4.69) is 23.8 Å². The molecular formula is C16H24O2S. The minimum atomic E-state index is -0.572. The van der Waals surface area contributed by atoms with Crippen LogP contribution in [-0.4, -0.2) is 11.1 Å². The zero-order valence-corrected chi connectivity index (χ0v) is 12.5. The molecule has 1 aromatic heterocycles. The normalized spacial score (nSPS) is 27.3. The summed E-state index contributed by atoms with van der Waals surface area (Å²) in [5, 5.41) is 13.8. The molecule has 0 bridgehead atoms. The molecule has 0 atom stereocenters. The van der Waals surface area contributed by atoms with Gasteiger partial charge in [-0.15, -0.1) is 0 Å². The lowest BCUT2D eigenvalue weighted by Crippen LogP contribution is -2.36. The Kier molecular flexibility index (Phi) is 5.03. The van der Waals surface area contributed by atoms with Crippen LogP contribution >= 0.6 is 11.3 Å². The summed E-state index contributed by atoms with van der Waals surface area (Å²) in [7, 11) is 0. The van der Waals surface area contributed by atoms with Gasteiger partial charge in [0.2, 0.25) is 0 Å². The molecule has 1 aliphatic rings. The Hall–Kier alpha value is -0.830. The number of carbonyl (C=O) groups is 1. The Labute approximate surface area is 119 Å². The molecule has 0 aliphatic heterocycles. The summed E-state index contributed by atoms with van der Waals surface area (Å²) in [6, 6.07) is 2.11. The van der Waals surface area contributed by atoms with Gasteiger partial charge in [0, 0.05) is 0 Å². The molecule has 3 heteroatoms. The van der Waals surface area contributed by atoms with Gasteiger partial charge in [-0.2, -0.15) is 11.3 Å². The summed E-state index contributed by atoms with van der Waals surface area (Å²) < 4.78 is 0. The number of hydrogen-bond acceptors (Lipinski definition) is 2. The van der Waals surface area contributed by atoms with E-state index in [0.717, 1.165) is 44.4 Å². The van der Waals surface area contributed by atoms with Gasteiger partial charge in [0.25, 0.3) is 0 Å². The van der Waals surface area contributed by atoms with E-state index < -0.39 is 11.4 Å². The summed E-state index contributed by atoms with van der Waals surface area (Å²) >= 11 is 1.69. The van der Waals surface area contributed by atoms with E-state index in [-0.39, 0.29) is 0 Å². The fourth-order valence-electron chi connectivity index (χ4n) is 3.32. The van der Waals surface area contributed by atoms with E-state index in [1.54, 1.807) is 11.3 Å². The van der Waals surface area contributed by atoms with Gasteiger partial charge in [0.05, 0.1) is 5.41 Å². The van der Waals surface area contributed by atoms with E-state index in [0.29, 0.717) is 0 Å². The molecule has 2 rings (SSSR count). The van der Waals surface area contributed by atoms with Crippen molar-refractivity contribution in [3.63, 3.8) is 0 Å². The van der Waals surface area contributed by atoms with Gasteiger partial charge in [-0.05, 0) is 66.8 Å². The maximum Gasteiger partial charge on any atom is 0.309 e. The molecule has 1 heterocycles. The molecule has 0 radical (unpaired) electrons. The first-order chi connectivity index (χ1) is 9.16. The zero-order chi connectivity index (χ0) is 13.7. The number of aryl methyl sites for hydroxylation is 1. The highest BCUT2D eigenvalue weighted by molar-refractivity contribution is 7.07. The molecule has 0 amide bonds.